The van der Waals surface area contributed by atoms with Gasteiger partial charge in [0.05, 0.1) is 0 Å². The molecule has 21 heavy (non-hydrogen) atoms. The Hall–Kier alpha value is -2.00. The summed E-state index contributed by atoms with van der Waals surface area (Å²) >= 11 is 1.86. The first kappa shape index (κ1) is 14.0. The number of benzene rings is 2. The largest absolute Gasteiger partial charge is 0.488 e. The van der Waals surface area contributed by atoms with Gasteiger partial charge in [-0.3, -0.25) is 4.79 Å². The van der Waals surface area contributed by atoms with Crippen molar-refractivity contribution in [2.45, 2.75) is 5.25 Å². The maximum Gasteiger partial charge on any atom is 0.227 e. The summed E-state index contributed by atoms with van der Waals surface area (Å²) < 4.78 is 5.78. The van der Waals surface area contributed by atoms with Crippen molar-refractivity contribution in [3.05, 3.63) is 77.5 Å². The summed E-state index contributed by atoms with van der Waals surface area (Å²) in [6.45, 7) is 0.599. The highest BCUT2D eigenvalue weighted by Crippen LogP contribution is 2.31. The summed E-state index contributed by atoms with van der Waals surface area (Å²) in [7, 11) is 0. The fourth-order valence-electron chi connectivity index (χ4n) is 1.95. The van der Waals surface area contributed by atoms with Crippen LogP contribution in [0.2, 0.25) is 0 Å². The van der Waals surface area contributed by atoms with E-state index in [9.17, 15) is 4.79 Å². The predicted octanol–water partition coefficient (Wildman–Crippen LogP) is 4.04. The molecule has 0 saturated carbocycles. The van der Waals surface area contributed by atoms with Gasteiger partial charge >= 0.3 is 0 Å². The van der Waals surface area contributed by atoms with Crippen molar-refractivity contribution in [1.29, 1.82) is 0 Å². The van der Waals surface area contributed by atoms with Gasteiger partial charge in [-0.1, -0.05) is 60.7 Å². The van der Waals surface area contributed by atoms with Gasteiger partial charge in [-0.2, -0.15) is 11.8 Å². The second kappa shape index (κ2) is 6.64. The molecule has 0 bridgehead atoms. The van der Waals surface area contributed by atoms with E-state index in [-0.39, 0.29) is 5.78 Å². The van der Waals surface area contributed by atoms with Crippen molar-refractivity contribution >= 4 is 23.6 Å². The predicted molar refractivity (Wildman–Crippen MR) is 87.4 cm³/mol. The molecule has 1 heterocycles. The molecular formula is C18H16O2S. The standard InChI is InChI=1S/C18H16O2S/c19-18(15-9-5-2-6-10-15)17(20-12-16-13-21-16)11-14-7-3-1-4-8-14/h1-11,16H,12-13H2. The molecule has 3 heteroatoms. The molecular weight excluding hydrogens is 280 g/mol. The Morgan fingerprint density at radius 1 is 1.10 bits per heavy atom. The Kier molecular flexibility index (Phi) is 4.41. The van der Waals surface area contributed by atoms with Gasteiger partial charge in [0.25, 0.3) is 0 Å². The molecule has 0 aliphatic carbocycles. The molecule has 106 valence electrons. The molecule has 2 aromatic rings. The van der Waals surface area contributed by atoms with Crippen LogP contribution in [-0.4, -0.2) is 23.4 Å². The second-order valence-corrected chi connectivity index (χ2v) is 6.21. The topological polar surface area (TPSA) is 26.3 Å². The van der Waals surface area contributed by atoms with Crippen LogP contribution in [0.15, 0.2) is 66.4 Å². The molecule has 1 aliphatic heterocycles. The zero-order valence-electron chi connectivity index (χ0n) is 11.6. The van der Waals surface area contributed by atoms with Crippen LogP contribution < -0.4 is 0 Å². The van der Waals surface area contributed by atoms with Gasteiger partial charge in [-0.15, -0.1) is 0 Å². The number of thioether (sulfide) groups is 1. The number of hydrogen-bond acceptors (Lipinski definition) is 3. The van der Waals surface area contributed by atoms with Gasteiger partial charge in [-0.25, -0.2) is 0 Å². The van der Waals surface area contributed by atoms with Crippen LogP contribution in [0.3, 0.4) is 0 Å². The molecule has 1 unspecified atom stereocenters. The third-order valence-electron chi connectivity index (χ3n) is 3.18. The summed E-state index contributed by atoms with van der Waals surface area (Å²) in [5.74, 6) is 1.48. The molecule has 1 aliphatic rings. The number of ether oxygens (including phenoxy) is 1. The molecule has 0 radical (unpaired) electrons. The zero-order valence-corrected chi connectivity index (χ0v) is 12.4. The Morgan fingerprint density at radius 2 is 1.71 bits per heavy atom. The summed E-state index contributed by atoms with van der Waals surface area (Å²) in [5, 5.41) is 0.535. The molecule has 2 aromatic carbocycles. The van der Waals surface area contributed by atoms with Crippen LogP contribution in [0.25, 0.3) is 6.08 Å². The van der Waals surface area contributed by atoms with Crippen molar-refractivity contribution in [2.75, 3.05) is 12.4 Å². The molecule has 1 fully saturated rings. The number of rotatable bonds is 6. The van der Waals surface area contributed by atoms with E-state index < -0.39 is 0 Å². The van der Waals surface area contributed by atoms with Crippen molar-refractivity contribution in [3.63, 3.8) is 0 Å². The third-order valence-corrected chi connectivity index (χ3v) is 4.13. The van der Waals surface area contributed by atoms with Crippen molar-refractivity contribution in [2.24, 2.45) is 0 Å². The van der Waals surface area contributed by atoms with E-state index in [0.29, 0.717) is 23.2 Å². The number of allylic oxidation sites excluding steroid dienone is 1. The number of hydrogen-bond donors (Lipinski definition) is 0. The molecule has 0 aromatic heterocycles. The van der Waals surface area contributed by atoms with Gasteiger partial charge in [0.1, 0.15) is 6.61 Å². The molecule has 3 rings (SSSR count). The maximum absolute atomic E-state index is 12.6. The Bertz CT molecular complexity index is 631. The second-order valence-electron chi connectivity index (χ2n) is 4.88. The first-order valence-corrected chi connectivity index (χ1v) is 7.99. The first-order valence-electron chi connectivity index (χ1n) is 6.94. The SMILES string of the molecule is O=C(C(=Cc1ccccc1)OCC1CS1)c1ccccc1. The van der Waals surface area contributed by atoms with Crippen LogP contribution in [0, 0.1) is 0 Å². The fraction of sp³-hybridized carbons (Fsp3) is 0.167. The maximum atomic E-state index is 12.6. The van der Waals surface area contributed by atoms with Crippen molar-refractivity contribution in [1.82, 2.24) is 0 Å². The van der Waals surface area contributed by atoms with E-state index in [4.69, 9.17) is 4.74 Å². The zero-order chi connectivity index (χ0) is 14.5. The van der Waals surface area contributed by atoms with Gasteiger partial charge in [0.2, 0.25) is 5.78 Å². The Balaban J connectivity index is 1.84. The fourth-order valence-corrected chi connectivity index (χ4v) is 2.35. The first-order chi connectivity index (χ1) is 10.3. The smallest absolute Gasteiger partial charge is 0.227 e. The van der Waals surface area contributed by atoms with Gasteiger partial charge in [-0.05, 0) is 11.6 Å². The van der Waals surface area contributed by atoms with E-state index >= 15 is 0 Å². The quantitative estimate of drug-likeness (QED) is 0.348. The number of Topliss-reactive ketones (excluding diaryl/α,β-unsaturated/α-hetero) is 1. The average molecular weight is 296 g/mol. The van der Waals surface area contributed by atoms with Gasteiger partial charge in [0, 0.05) is 16.6 Å². The highest BCUT2D eigenvalue weighted by molar-refractivity contribution is 8.06. The summed E-state index contributed by atoms with van der Waals surface area (Å²) in [6.07, 6.45) is 1.82. The van der Waals surface area contributed by atoms with Crippen LogP contribution in [0.1, 0.15) is 15.9 Å². The highest BCUT2D eigenvalue weighted by Gasteiger charge is 2.24. The van der Waals surface area contributed by atoms with Crippen molar-refractivity contribution in [3.8, 4) is 0 Å². The van der Waals surface area contributed by atoms with E-state index in [1.54, 1.807) is 0 Å². The Morgan fingerprint density at radius 3 is 2.33 bits per heavy atom. The Labute approximate surface area is 128 Å². The average Bonchev–Trinajstić information content (AvgIpc) is 3.37. The minimum Gasteiger partial charge on any atom is -0.488 e. The minimum atomic E-state index is -0.0647. The van der Waals surface area contributed by atoms with Gasteiger partial charge in [0.15, 0.2) is 5.76 Å². The summed E-state index contributed by atoms with van der Waals surface area (Å²) in [6, 6.07) is 19.1. The number of carbonyl (C=O) groups excluding carboxylic acids is 1. The van der Waals surface area contributed by atoms with Crippen LogP contribution in [0.5, 0.6) is 0 Å². The summed E-state index contributed by atoms with van der Waals surface area (Å²) in [4.78, 5) is 12.6. The lowest BCUT2D eigenvalue weighted by Crippen LogP contribution is -2.10. The number of ketones is 1. The van der Waals surface area contributed by atoms with E-state index in [2.05, 4.69) is 0 Å². The monoisotopic (exact) mass is 296 g/mol. The molecule has 0 spiro atoms. The van der Waals surface area contributed by atoms with Crippen LogP contribution in [0.4, 0.5) is 0 Å². The van der Waals surface area contributed by atoms with Crippen molar-refractivity contribution < 1.29 is 9.53 Å². The summed E-state index contributed by atoms with van der Waals surface area (Å²) in [5.41, 5.74) is 1.63. The van der Waals surface area contributed by atoms with E-state index in [1.807, 2.05) is 78.5 Å². The molecule has 1 saturated heterocycles. The normalized spacial score (nSPS) is 17.3. The molecule has 1 atom stereocenters. The minimum absolute atomic E-state index is 0.0647. The van der Waals surface area contributed by atoms with Crippen LogP contribution in [-0.2, 0) is 4.74 Å². The molecule has 0 amide bonds. The number of carbonyl (C=O) groups is 1. The van der Waals surface area contributed by atoms with E-state index in [0.717, 1.165) is 11.3 Å². The lowest BCUT2D eigenvalue weighted by atomic mass is 10.1. The highest BCUT2D eigenvalue weighted by atomic mass is 32.2. The lowest BCUT2D eigenvalue weighted by molar-refractivity contribution is 0.0928. The van der Waals surface area contributed by atoms with Crippen LogP contribution >= 0.6 is 11.8 Å². The molecule has 0 N–H and O–H groups in total. The third kappa shape index (κ3) is 3.99. The molecule has 2 nitrogen and oxygen atoms in total. The lowest BCUT2D eigenvalue weighted by Gasteiger charge is -2.09. The van der Waals surface area contributed by atoms with E-state index in [1.165, 1.54) is 0 Å². The van der Waals surface area contributed by atoms with Gasteiger partial charge < -0.3 is 4.74 Å².